The van der Waals surface area contributed by atoms with Crippen LogP contribution < -0.4 is 10.5 Å². The van der Waals surface area contributed by atoms with Crippen LogP contribution in [0.1, 0.15) is 17.5 Å². The Morgan fingerprint density at radius 2 is 2.07 bits per heavy atom. The zero-order chi connectivity index (χ0) is 18.4. The maximum absolute atomic E-state index is 9.20. The summed E-state index contributed by atoms with van der Waals surface area (Å²) in [7, 11) is 0. The lowest BCUT2D eigenvalue weighted by atomic mass is 9.71. The molecule has 0 radical (unpaired) electrons. The van der Waals surface area contributed by atoms with Gasteiger partial charge < -0.3 is 19.9 Å². The van der Waals surface area contributed by atoms with Crippen LogP contribution in [0.15, 0.2) is 47.5 Å². The van der Waals surface area contributed by atoms with Crippen molar-refractivity contribution in [1.29, 1.82) is 5.26 Å². The molecule has 3 aliphatic heterocycles. The number of amidine groups is 1. The van der Waals surface area contributed by atoms with Crippen LogP contribution in [0.5, 0.6) is 5.75 Å². The predicted octanol–water partition coefficient (Wildman–Crippen LogP) is 2.56. The van der Waals surface area contributed by atoms with Gasteiger partial charge in [-0.05, 0) is 41.8 Å². The van der Waals surface area contributed by atoms with Crippen LogP contribution in [0, 0.1) is 17.2 Å². The fraction of sp³-hybridized carbons (Fsp3) is 0.333. The maximum Gasteiger partial charge on any atom is 0.283 e. The van der Waals surface area contributed by atoms with Crippen molar-refractivity contribution in [3.8, 4) is 22.9 Å². The highest BCUT2D eigenvalue weighted by Gasteiger charge is 2.54. The molecular weight excluding hydrogens is 342 g/mol. The lowest BCUT2D eigenvalue weighted by Crippen LogP contribution is -2.52. The third-order valence-electron chi connectivity index (χ3n) is 5.72. The number of rotatable bonds is 1. The van der Waals surface area contributed by atoms with E-state index in [9.17, 15) is 5.26 Å². The van der Waals surface area contributed by atoms with Gasteiger partial charge in [-0.25, -0.2) is 4.99 Å². The molecule has 0 bridgehead atoms. The summed E-state index contributed by atoms with van der Waals surface area (Å²) in [4.78, 5) is 4.76. The molecule has 3 unspecified atom stereocenters. The third-order valence-corrected chi connectivity index (χ3v) is 5.72. The minimum Gasteiger partial charge on any atom is -0.487 e. The molecule has 6 nitrogen and oxygen atoms in total. The van der Waals surface area contributed by atoms with Gasteiger partial charge in [-0.2, -0.15) is 5.26 Å². The van der Waals surface area contributed by atoms with E-state index in [4.69, 9.17) is 24.9 Å². The van der Waals surface area contributed by atoms with Crippen molar-refractivity contribution in [2.45, 2.75) is 18.1 Å². The average Bonchev–Trinajstić information content (AvgIpc) is 3.10. The van der Waals surface area contributed by atoms with E-state index in [0.717, 1.165) is 28.9 Å². The van der Waals surface area contributed by atoms with Gasteiger partial charge in [0.15, 0.2) is 0 Å². The van der Waals surface area contributed by atoms with Gasteiger partial charge >= 0.3 is 0 Å². The first kappa shape index (κ1) is 16.2. The summed E-state index contributed by atoms with van der Waals surface area (Å²) in [6, 6.07) is 16.1. The summed E-state index contributed by atoms with van der Waals surface area (Å²) in [5, 5.41) is 9.20. The standard InChI is InChI=1S/C21H19N3O3/c22-10-13-2-1-3-14(8-13)15-4-5-18-17(9-15)21(12-26-20(23)24-21)16-6-7-25-11-19(16)27-18/h1-5,8-9,16,19H,6-7,11-12H2,(H2,23,24). The van der Waals surface area contributed by atoms with E-state index in [1.54, 1.807) is 6.07 Å². The molecule has 1 saturated heterocycles. The number of nitriles is 1. The molecule has 0 aromatic heterocycles. The summed E-state index contributed by atoms with van der Waals surface area (Å²) in [5.74, 6) is 0.949. The van der Waals surface area contributed by atoms with Gasteiger partial charge in [0.2, 0.25) is 0 Å². The Hall–Kier alpha value is -3.04. The van der Waals surface area contributed by atoms with E-state index in [1.807, 2.05) is 30.3 Å². The monoisotopic (exact) mass is 361 g/mol. The summed E-state index contributed by atoms with van der Waals surface area (Å²) in [6.45, 7) is 1.65. The van der Waals surface area contributed by atoms with Crippen LogP contribution in [0.4, 0.5) is 0 Å². The number of ether oxygens (including phenoxy) is 3. The Morgan fingerprint density at radius 3 is 2.89 bits per heavy atom. The molecule has 2 N–H and O–H groups in total. The molecule has 6 heteroatoms. The number of hydrogen-bond donors (Lipinski definition) is 1. The summed E-state index contributed by atoms with van der Waals surface area (Å²) in [5.41, 5.74) is 9.00. The molecule has 3 atom stereocenters. The molecule has 0 aliphatic carbocycles. The highest BCUT2D eigenvalue weighted by atomic mass is 16.5. The molecule has 3 aliphatic rings. The first-order valence-electron chi connectivity index (χ1n) is 9.07. The van der Waals surface area contributed by atoms with Crippen LogP contribution in [-0.4, -0.2) is 31.9 Å². The first-order chi connectivity index (χ1) is 13.2. The highest BCUT2D eigenvalue weighted by Crippen LogP contribution is 2.51. The van der Waals surface area contributed by atoms with E-state index >= 15 is 0 Å². The number of benzene rings is 2. The Kier molecular flexibility index (Phi) is 3.59. The predicted molar refractivity (Wildman–Crippen MR) is 99.2 cm³/mol. The Morgan fingerprint density at radius 1 is 1.19 bits per heavy atom. The van der Waals surface area contributed by atoms with E-state index < -0.39 is 5.54 Å². The molecule has 3 heterocycles. The minimum atomic E-state index is -0.547. The van der Waals surface area contributed by atoms with E-state index in [1.165, 1.54) is 0 Å². The lowest BCUT2D eigenvalue weighted by Gasteiger charge is -2.46. The number of nitrogens with two attached hydrogens (primary N) is 1. The Balaban J connectivity index is 1.66. The molecule has 1 fully saturated rings. The molecule has 136 valence electrons. The normalized spacial score (nSPS) is 28.3. The number of hydrogen-bond acceptors (Lipinski definition) is 6. The molecule has 1 spiro atoms. The van der Waals surface area contributed by atoms with Gasteiger partial charge in [-0.15, -0.1) is 0 Å². The van der Waals surface area contributed by atoms with Crippen molar-refractivity contribution in [3.63, 3.8) is 0 Å². The number of aliphatic imine (C=N–C) groups is 1. The minimum absolute atomic E-state index is 0.0581. The van der Waals surface area contributed by atoms with Gasteiger partial charge in [0, 0.05) is 18.1 Å². The van der Waals surface area contributed by atoms with Gasteiger partial charge in [-0.1, -0.05) is 18.2 Å². The molecule has 0 amide bonds. The second-order valence-electron chi connectivity index (χ2n) is 7.19. The zero-order valence-electron chi connectivity index (χ0n) is 14.7. The van der Waals surface area contributed by atoms with E-state index in [-0.39, 0.29) is 18.0 Å². The van der Waals surface area contributed by atoms with Crippen LogP contribution in [0.25, 0.3) is 11.1 Å². The Bertz CT molecular complexity index is 981. The number of nitrogens with zero attached hydrogens (tertiary/aromatic N) is 2. The second kappa shape index (κ2) is 6.00. The molecule has 27 heavy (non-hydrogen) atoms. The zero-order valence-corrected chi connectivity index (χ0v) is 14.7. The average molecular weight is 361 g/mol. The Labute approximate surface area is 157 Å². The van der Waals surface area contributed by atoms with Crippen LogP contribution in [0.3, 0.4) is 0 Å². The van der Waals surface area contributed by atoms with Crippen molar-refractivity contribution >= 4 is 6.02 Å². The lowest BCUT2D eigenvalue weighted by molar-refractivity contribution is -0.0732. The van der Waals surface area contributed by atoms with Gasteiger partial charge in [0.05, 0.1) is 18.2 Å². The van der Waals surface area contributed by atoms with Crippen molar-refractivity contribution in [1.82, 2.24) is 0 Å². The summed E-state index contributed by atoms with van der Waals surface area (Å²) >= 11 is 0. The summed E-state index contributed by atoms with van der Waals surface area (Å²) in [6.07, 6.45) is 0.788. The van der Waals surface area contributed by atoms with Gasteiger partial charge in [-0.3, -0.25) is 0 Å². The van der Waals surface area contributed by atoms with Crippen molar-refractivity contribution in [3.05, 3.63) is 53.6 Å². The SMILES string of the molecule is N#Cc1cccc(-c2ccc3c(c2)C2(COC(N)=N2)C2CCOCC2O3)c1. The smallest absolute Gasteiger partial charge is 0.283 e. The molecule has 0 saturated carbocycles. The largest absolute Gasteiger partial charge is 0.487 e. The van der Waals surface area contributed by atoms with E-state index in [0.29, 0.717) is 25.4 Å². The van der Waals surface area contributed by atoms with Gasteiger partial charge in [0.1, 0.15) is 24.0 Å². The first-order valence-corrected chi connectivity index (χ1v) is 9.07. The highest BCUT2D eigenvalue weighted by molar-refractivity contribution is 5.75. The topological polar surface area (TPSA) is 89.9 Å². The number of fused-ring (bicyclic) bond motifs is 4. The fourth-order valence-electron chi connectivity index (χ4n) is 4.43. The van der Waals surface area contributed by atoms with E-state index in [2.05, 4.69) is 12.1 Å². The second-order valence-corrected chi connectivity index (χ2v) is 7.19. The molecule has 2 aromatic rings. The maximum atomic E-state index is 9.20. The quantitative estimate of drug-likeness (QED) is 0.843. The van der Waals surface area contributed by atoms with Crippen LogP contribution >= 0.6 is 0 Å². The van der Waals surface area contributed by atoms with Crippen LogP contribution in [-0.2, 0) is 15.0 Å². The van der Waals surface area contributed by atoms with Crippen molar-refractivity contribution in [2.24, 2.45) is 16.6 Å². The third kappa shape index (κ3) is 2.47. The molecular formula is C21H19N3O3. The summed E-state index contributed by atoms with van der Waals surface area (Å²) < 4.78 is 17.5. The fourth-order valence-corrected chi connectivity index (χ4v) is 4.43. The molecule has 5 rings (SSSR count). The van der Waals surface area contributed by atoms with Crippen molar-refractivity contribution in [2.75, 3.05) is 19.8 Å². The molecule has 2 aromatic carbocycles. The van der Waals surface area contributed by atoms with Crippen molar-refractivity contribution < 1.29 is 14.2 Å². The van der Waals surface area contributed by atoms with Gasteiger partial charge in [0.25, 0.3) is 6.02 Å². The van der Waals surface area contributed by atoms with Crippen LogP contribution in [0.2, 0.25) is 0 Å².